The van der Waals surface area contributed by atoms with E-state index in [2.05, 4.69) is 47.8 Å². The van der Waals surface area contributed by atoms with Crippen LogP contribution in [0.25, 0.3) is 11.4 Å². The Morgan fingerprint density at radius 3 is 2.55 bits per heavy atom. The number of nitrogens with zero attached hydrogens (tertiary/aromatic N) is 3. The van der Waals surface area contributed by atoms with Crippen LogP contribution in [0.2, 0.25) is 0 Å². The van der Waals surface area contributed by atoms with Crippen LogP contribution in [0.5, 0.6) is 17.4 Å². The molecule has 0 bridgehead atoms. The summed E-state index contributed by atoms with van der Waals surface area (Å²) in [6.07, 6.45) is 0.682. The van der Waals surface area contributed by atoms with Gasteiger partial charge < -0.3 is 19.5 Å². The molecule has 8 heteroatoms. The van der Waals surface area contributed by atoms with Crippen molar-refractivity contribution in [3.05, 3.63) is 56.5 Å². The fourth-order valence-corrected chi connectivity index (χ4v) is 4.49. The van der Waals surface area contributed by atoms with E-state index in [9.17, 15) is 5.11 Å². The molecule has 0 unspecified atom stereocenters. The molecule has 3 aromatic rings. The molecular formula is C21H17Br2N3O3. The number of phenolic OH excluding ortho intramolecular Hbond substituents is 1. The van der Waals surface area contributed by atoms with E-state index in [1.807, 2.05) is 18.2 Å². The lowest BCUT2D eigenvalue weighted by Crippen LogP contribution is -2.37. The minimum Gasteiger partial charge on any atom is -0.506 e. The molecule has 1 N–H and O–H groups in total. The number of ether oxygens (including phenoxy) is 2. The van der Waals surface area contributed by atoms with Crippen LogP contribution < -0.4 is 9.64 Å². The third-order valence-electron chi connectivity index (χ3n) is 5.10. The van der Waals surface area contributed by atoms with Crippen LogP contribution in [0, 0.1) is 0 Å². The Labute approximate surface area is 184 Å². The zero-order valence-electron chi connectivity index (χ0n) is 15.4. The van der Waals surface area contributed by atoms with Gasteiger partial charge in [-0.25, -0.2) is 4.98 Å². The average Bonchev–Trinajstić information content (AvgIpc) is 2.75. The van der Waals surface area contributed by atoms with E-state index in [1.54, 1.807) is 12.1 Å². The summed E-state index contributed by atoms with van der Waals surface area (Å²) in [5.41, 5.74) is 2.59. The summed E-state index contributed by atoms with van der Waals surface area (Å²) in [4.78, 5) is 11.8. The van der Waals surface area contributed by atoms with Crippen molar-refractivity contribution >= 4 is 37.7 Å². The molecule has 0 atom stereocenters. The molecule has 2 aliphatic heterocycles. The number of para-hydroxylation sites is 2. The lowest BCUT2D eigenvalue weighted by molar-refractivity contribution is 0.122. The average molecular weight is 519 g/mol. The third-order valence-corrected chi connectivity index (χ3v) is 6.36. The predicted octanol–water partition coefficient (Wildman–Crippen LogP) is 4.91. The van der Waals surface area contributed by atoms with Gasteiger partial charge in [-0.05, 0) is 50.1 Å². The quantitative estimate of drug-likeness (QED) is 0.407. The molecule has 0 radical (unpaired) electrons. The molecular weight excluding hydrogens is 502 g/mol. The summed E-state index contributed by atoms with van der Waals surface area (Å²) >= 11 is 6.95. The van der Waals surface area contributed by atoms with Gasteiger partial charge in [-0.15, -0.1) is 0 Å². The van der Waals surface area contributed by atoms with E-state index < -0.39 is 0 Å². The van der Waals surface area contributed by atoms with Crippen molar-refractivity contribution < 1.29 is 14.6 Å². The Morgan fingerprint density at radius 2 is 1.72 bits per heavy atom. The Bertz CT molecular complexity index is 1100. The molecule has 0 saturated carbocycles. The van der Waals surface area contributed by atoms with E-state index in [0.717, 1.165) is 40.3 Å². The van der Waals surface area contributed by atoms with Crippen molar-refractivity contribution in [3.8, 4) is 28.8 Å². The van der Waals surface area contributed by atoms with Crippen LogP contribution in [0.3, 0.4) is 0 Å². The molecule has 0 amide bonds. The molecule has 3 heterocycles. The number of aromatic hydroxyl groups is 1. The van der Waals surface area contributed by atoms with Crippen LogP contribution in [-0.4, -0.2) is 41.4 Å². The number of aromatic nitrogens is 2. The van der Waals surface area contributed by atoms with E-state index in [0.29, 0.717) is 41.4 Å². The van der Waals surface area contributed by atoms with Gasteiger partial charge in [-0.1, -0.05) is 18.2 Å². The summed E-state index contributed by atoms with van der Waals surface area (Å²) in [5.74, 6) is 2.67. The molecule has 2 aromatic carbocycles. The second-order valence-corrected chi connectivity index (χ2v) is 8.61. The van der Waals surface area contributed by atoms with Gasteiger partial charge in [0.2, 0.25) is 5.88 Å². The van der Waals surface area contributed by atoms with E-state index in [-0.39, 0.29) is 5.75 Å². The van der Waals surface area contributed by atoms with E-state index in [4.69, 9.17) is 14.5 Å². The number of anilines is 1. The molecule has 1 saturated heterocycles. The van der Waals surface area contributed by atoms with Crippen molar-refractivity contribution in [1.29, 1.82) is 0 Å². The topological polar surface area (TPSA) is 67.7 Å². The highest BCUT2D eigenvalue weighted by molar-refractivity contribution is 9.10. The smallest absolute Gasteiger partial charge is 0.228 e. The first-order valence-electron chi connectivity index (χ1n) is 9.28. The first-order valence-corrected chi connectivity index (χ1v) is 10.9. The molecule has 1 aromatic heterocycles. The van der Waals surface area contributed by atoms with Crippen LogP contribution in [0.15, 0.2) is 45.3 Å². The van der Waals surface area contributed by atoms with Crippen molar-refractivity contribution in [3.63, 3.8) is 0 Å². The van der Waals surface area contributed by atoms with Crippen LogP contribution >= 0.6 is 31.9 Å². The minimum atomic E-state index is 0.109. The number of rotatable bonds is 2. The summed E-state index contributed by atoms with van der Waals surface area (Å²) in [6, 6.07) is 11.4. The Morgan fingerprint density at radius 1 is 0.966 bits per heavy atom. The van der Waals surface area contributed by atoms with Crippen molar-refractivity contribution in [2.24, 2.45) is 0 Å². The van der Waals surface area contributed by atoms with Crippen LogP contribution in [-0.2, 0) is 11.2 Å². The monoisotopic (exact) mass is 517 g/mol. The van der Waals surface area contributed by atoms with Crippen molar-refractivity contribution in [1.82, 2.24) is 9.97 Å². The highest BCUT2D eigenvalue weighted by Gasteiger charge is 2.29. The zero-order valence-corrected chi connectivity index (χ0v) is 18.5. The number of halogens is 2. The third kappa shape index (κ3) is 3.39. The highest BCUT2D eigenvalue weighted by Crippen LogP contribution is 2.44. The van der Waals surface area contributed by atoms with Crippen LogP contribution in [0.4, 0.5) is 5.82 Å². The van der Waals surface area contributed by atoms with Crippen molar-refractivity contribution in [2.45, 2.75) is 6.42 Å². The largest absolute Gasteiger partial charge is 0.506 e. The maximum absolute atomic E-state index is 10.5. The van der Waals surface area contributed by atoms with Gasteiger partial charge in [0, 0.05) is 25.1 Å². The minimum absolute atomic E-state index is 0.109. The first-order chi connectivity index (χ1) is 14.1. The molecule has 0 spiro atoms. The van der Waals surface area contributed by atoms with Gasteiger partial charge in [0.05, 0.1) is 33.3 Å². The lowest BCUT2D eigenvalue weighted by atomic mass is 10.0. The number of phenols is 1. The van der Waals surface area contributed by atoms with Gasteiger partial charge in [0.15, 0.2) is 5.82 Å². The number of morpholine rings is 1. The van der Waals surface area contributed by atoms with Crippen LogP contribution in [0.1, 0.15) is 11.1 Å². The fraction of sp³-hybridized carbons (Fsp3) is 0.238. The molecule has 5 rings (SSSR count). The maximum Gasteiger partial charge on any atom is 0.228 e. The normalized spacial score (nSPS) is 15.4. The summed E-state index contributed by atoms with van der Waals surface area (Å²) in [5, 5.41) is 10.5. The molecule has 0 aliphatic carbocycles. The Balaban J connectivity index is 1.68. The number of benzene rings is 2. The Hall–Kier alpha value is -2.16. The maximum atomic E-state index is 10.5. The van der Waals surface area contributed by atoms with Gasteiger partial charge in [-0.3, -0.25) is 0 Å². The SMILES string of the molecule is Oc1c(Br)cccc1-c1nc2c(c(N3CCOCC3)n1)Cc1cccc(Br)c1O2. The first kappa shape index (κ1) is 18.8. The van der Waals surface area contributed by atoms with E-state index in [1.165, 1.54) is 0 Å². The number of hydrogen-bond donors (Lipinski definition) is 1. The van der Waals surface area contributed by atoms with E-state index >= 15 is 0 Å². The second kappa shape index (κ2) is 7.59. The van der Waals surface area contributed by atoms with Gasteiger partial charge in [0.25, 0.3) is 0 Å². The van der Waals surface area contributed by atoms with Gasteiger partial charge in [0.1, 0.15) is 17.3 Å². The highest BCUT2D eigenvalue weighted by atomic mass is 79.9. The lowest BCUT2D eigenvalue weighted by Gasteiger charge is -2.31. The fourth-order valence-electron chi connectivity index (χ4n) is 3.64. The predicted molar refractivity (Wildman–Crippen MR) is 117 cm³/mol. The number of fused-ring (bicyclic) bond motifs is 2. The zero-order chi connectivity index (χ0) is 20.0. The summed E-state index contributed by atoms with van der Waals surface area (Å²) < 4.78 is 13.2. The molecule has 6 nitrogen and oxygen atoms in total. The van der Waals surface area contributed by atoms with Crippen molar-refractivity contribution in [2.75, 3.05) is 31.2 Å². The standard InChI is InChI=1S/C21H17Br2N3O3/c22-15-5-2-4-13(17(15)27)19-24-20(26-7-9-28-10-8-26)14-11-12-3-1-6-16(23)18(12)29-21(14)25-19/h1-6,27H,7-11H2. The molecule has 1 fully saturated rings. The summed E-state index contributed by atoms with van der Waals surface area (Å²) in [6.45, 7) is 2.80. The van der Waals surface area contributed by atoms with Gasteiger partial charge >= 0.3 is 0 Å². The Kier molecular flexibility index (Phi) is 4.93. The number of hydrogen-bond acceptors (Lipinski definition) is 6. The molecule has 148 valence electrons. The second-order valence-electron chi connectivity index (χ2n) is 6.90. The summed E-state index contributed by atoms with van der Waals surface area (Å²) in [7, 11) is 0. The molecule has 2 aliphatic rings. The molecule has 29 heavy (non-hydrogen) atoms. The van der Waals surface area contributed by atoms with Gasteiger partial charge in [-0.2, -0.15) is 4.98 Å².